The Bertz CT molecular complexity index is 1210. The molecule has 0 bridgehead atoms. The number of ketones is 1. The summed E-state index contributed by atoms with van der Waals surface area (Å²) in [4.78, 5) is 36.0. The Kier molecular flexibility index (Phi) is 5.71. The third kappa shape index (κ3) is 3.55. The van der Waals surface area contributed by atoms with Crippen molar-refractivity contribution in [3.8, 4) is 11.5 Å². The van der Waals surface area contributed by atoms with E-state index in [1.54, 1.807) is 39.5 Å². The molecule has 1 atom stereocenters. The molecule has 1 unspecified atom stereocenters. The van der Waals surface area contributed by atoms with Gasteiger partial charge in [0.2, 0.25) is 5.91 Å². The number of carbonyl (C=O) groups is 2. The van der Waals surface area contributed by atoms with E-state index >= 15 is 0 Å². The molecule has 0 spiro atoms. The number of para-hydroxylation sites is 2. The maximum Gasteiger partial charge on any atom is 0.220 e. The van der Waals surface area contributed by atoms with Crippen molar-refractivity contribution in [3.05, 3.63) is 54.1 Å². The summed E-state index contributed by atoms with van der Waals surface area (Å²) in [5, 5.41) is 3.16. The molecule has 0 fully saturated rings. The highest BCUT2D eigenvalue weighted by atomic mass is 16.5. The van der Waals surface area contributed by atoms with E-state index in [0.29, 0.717) is 40.8 Å². The van der Waals surface area contributed by atoms with E-state index in [1.807, 2.05) is 36.1 Å². The maximum atomic E-state index is 14.1. The predicted octanol–water partition coefficient (Wildman–Crippen LogP) is 2.58. The van der Waals surface area contributed by atoms with Crippen LogP contribution in [0, 0.1) is 0 Å². The third-order valence-electron chi connectivity index (χ3n) is 6.05. The van der Waals surface area contributed by atoms with Gasteiger partial charge in [-0.3, -0.25) is 9.59 Å². The average molecular weight is 450 g/mol. The molecular weight excluding hydrogens is 422 g/mol. The molecule has 9 heteroatoms. The molecular formula is C24H27N5O4. The number of primary amides is 1. The number of anilines is 1. The van der Waals surface area contributed by atoms with E-state index in [-0.39, 0.29) is 12.2 Å². The summed E-state index contributed by atoms with van der Waals surface area (Å²) in [6, 6.07) is 12.9. The van der Waals surface area contributed by atoms with Crippen LogP contribution in [0.15, 0.2) is 48.3 Å². The summed E-state index contributed by atoms with van der Waals surface area (Å²) in [6.45, 7) is 1.86. The Balaban J connectivity index is 2.00. The fourth-order valence-corrected chi connectivity index (χ4v) is 4.48. The molecule has 1 amide bonds. The van der Waals surface area contributed by atoms with Crippen LogP contribution in [0.5, 0.6) is 11.5 Å². The SMILES string of the molecule is CCC1(CC(N)=O)C(=O)C(c2nc3ccccc3[nH]2)=C(NC)N1c1cc(OC)cc(OC)c1. The van der Waals surface area contributed by atoms with Gasteiger partial charge < -0.3 is 30.4 Å². The number of amides is 1. The van der Waals surface area contributed by atoms with Crippen molar-refractivity contribution in [2.24, 2.45) is 5.73 Å². The normalized spacial score (nSPS) is 18.2. The first kappa shape index (κ1) is 22.2. The Morgan fingerprint density at radius 3 is 2.39 bits per heavy atom. The smallest absolute Gasteiger partial charge is 0.220 e. The Morgan fingerprint density at radius 1 is 1.18 bits per heavy atom. The molecule has 0 saturated carbocycles. The van der Waals surface area contributed by atoms with Gasteiger partial charge in [-0.25, -0.2) is 4.98 Å². The number of benzene rings is 2. The second kappa shape index (κ2) is 8.50. The predicted molar refractivity (Wildman–Crippen MR) is 126 cm³/mol. The van der Waals surface area contributed by atoms with Crippen LogP contribution in [-0.4, -0.2) is 48.5 Å². The van der Waals surface area contributed by atoms with Crippen molar-refractivity contribution in [1.29, 1.82) is 0 Å². The van der Waals surface area contributed by atoms with Gasteiger partial charge in [-0.15, -0.1) is 0 Å². The lowest BCUT2D eigenvalue weighted by Gasteiger charge is -2.39. The first-order valence-electron chi connectivity index (χ1n) is 10.6. The van der Waals surface area contributed by atoms with E-state index in [9.17, 15) is 9.59 Å². The number of carbonyl (C=O) groups excluding carboxylic acids is 2. The number of ether oxygens (including phenoxy) is 2. The number of nitrogens with one attached hydrogen (secondary N) is 2. The number of H-pyrrole nitrogens is 1. The fraction of sp³-hybridized carbons (Fsp3) is 0.292. The lowest BCUT2D eigenvalue weighted by atomic mass is 9.84. The first-order chi connectivity index (χ1) is 15.9. The van der Waals surface area contributed by atoms with Gasteiger partial charge in [-0.2, -0.15) is 0 Å². The largest absolute Gasteiger partial charge is 0.497 e. The lowest BCUT2D eigenvalue weighted by molar-refractivity contribution is -0.125. The number of aromatic nitrogens is 2. The van der Waals surface area contributed by atoms with Crippen LogP contribution in [0.3, 0.4) is 0 Å². The Morgan fingerprint density at radius 2 is 1.85 bits per heavy atom. The third-order valence-corrected chi connectivity index (χ3v) is 6.05. The van der Waals surface area contributed by atoms with Crippen LogP contribution in [-0.2, 0) is 9.59 Å². The molecule has 0 radical (unpaired) electrons. The molecule has 1 aliphatic heterocycles. The van der Waals surface area contributed by atoms with E-state index in [4.69, 9.17) is 15.2 Å². The second-order valence-electron chi connectivity index (χ2n) is 7.84. The molecule has 0 saturated heterocycles. The van der Waals surface area contributed by atoms with Crippen molar-refractivity contribution >= 4 is 34.0 Å². The van der Waals surface area contributed by atoms with Crippen molar-refractivity contribution < 1.29 is 19.1 Å². The Labute approximate surface area is 191 Å². The molecule has 1 aliphatic rings. The highest BCUT2D eigenvalue weighted by Gasteiger charge is 2.54. The van der Waals surface area contributed by atoms with E-state index in [1.165, 1.54) is 0 Å². The van der Waals surface area contributed by atoms with Gasteiger partial charge in [0, 0.05) is 25.2 Å². The number of hydrogen-bond donors (Lipinski definition) is 3. The molecule has 4 rings (SSSR count). The summed E-state index contributed by atoms with van der Waals surface area (Å²) < 4.78 is 10.9. The maximum absolute atomic E-state index is 14.1. The topological polar surface area (TPSA) is 123 Å². The van der Waals surface area contributed by atoms with Crippen LogP contribution in [0.2, 0.25) is 0 Å². The molecule has 3 aromatic rings. The van der Waals surface area contributed by atoms with Gasteiger partial charge in [0.15, 0.2) is 5.78 Å². The highest BCUT2D eigenvalue weighted by Crippen LogP contribution is 2.46. The molecule has 2 heterocycles. The van der Waals surface area contributed by atoms with Gasteiger partial charge >= 0.3 is 0 Å². The number of nitrogens with two attached hydrogens (primary N) is 1. The molecule has 172 valence electrons. The van der Waals surface area contributed by atoms with E-state index in [0.717, 1.165) is 11.0 Å². The number of hydrogen-bond acceptors (Lipinski definition) is 7. The number of rotatable bonds is 8. The second-order valence-corrected chi connectivity index (χ2v) is 7.84. The number of nitrogens with zero attached hydrogens (tertiary/aromatic N) is 2. The van der Waals surface area contributed by atoms with Gasteiger partial charge in [0.05, 0.1) is 37.4 Å². The minimum atomic E-state index is -1.24. The lowest BCUT2D eigenvalue weighted by Crippen LogP contribution is -2.53. The molecule has 1 aromatic heterocycles. The number of fused-ring (bicyclic) bond motifs is 1. The summed E-state index contributed by atoms with van der Waals surface area (Å²) in [5.74, 6) is 1.21. The average Bonchev–Trinajstić information content (AvgIpc) is 3.35. The number of methoxy groups -OCH3 is 2. The van der Waals surface area contributed by atoms with Crippen molar-refractivity contribution in [3.63, 3.8) is 0 Å². The van der Waals surface area contributed by atoms with Crippen molar-refractivity contribution in [1.82, 2.24) is 15.3 Å². The molecule has 2 aromatic carbocycles. The minimum Gasteiger partial charge on any atom is -0.497 e. The highest BCUT2D eigenvalue weighted by molar-refractivity contribution is 6.30. The minimum absolute atomic E-state index is 0.170. The monoisotopic (exact) mass is 449 g/mol. The molecule has 33 heavy (non-hydrogen) atoms. The van der Waals surface area contributed by atoms with E-state index in [2.05, 4.69) is 15.3 Å². The fourth-order valence-electron chi connectivity index (χ4n) is 4.48. The molecule has 0 aliphatic carbocycles. The van der Waals surface area contributed by atoms with Gasteiger partial charge in [-0.1, -0.05) is 19.1 Å². The van der Waals surface area contributed by atoms with Crippen LogP contribution in [0.4, 0.5) is 5.69 Å². The van der Waals surface area contributed by atoms with Gasteiger partial charge in [0.25, 0.3) is 0 Å². The van der Waals surface area contributed by atoms with Gasteiger partial charge in [0.1, 0.15) is 34.3 Å². The summed E-state index contributed by atoms with van der Waals surface area (Å²) in [6.07, 6.45) is 0.167. The van der Waals surface area contributed by atoms with Crippen LogP contribution in [0.25, 0.3) is 16.6 Å². The van der Waals surface area contributed by atoms with Crippen LogP contribution < -0.4 is 25.4 Å². The first-order valence-corrected chi connectivity index (χ1v) is 10.6. The zero-order valence-corrected chi connectivity index (χ0v) is 19.1. The number of aromatic amines is 1. The van der Waals surface area contributed by atoms with Crippen molar-refractivity contribution in [2.45, 2.75) is 25.3 Å². The van der Waals surface area contributed by atoms with Crippen molar-refractivity contribution in [2.75, 3.05) is 26.2 Å². The summed E-state index contributed by atoms with van der Waals surface area (Å²) in [5.41, 5.74) is 6.94. The quantitative estimate of drug-likeness (QED) is 0.483. The number of Topliss-reactive ketones (excluding diaryl/α,β-unsaturated/α-hetero) is 1. The molecule has 4 N–H and O–H groups in total. The van der Waals surface area contributed by atoms with Crippen LogP contribution in [0.1, 0.15) is 25.6 Å². The summed E-state index contributed by atoms with van der Waals surface area (Å²) >= 11 is 0. The zero-order chi connectivity index (χ0) is 23.8. The Hall–Kier alpha value is -4.01. The zero-order valence-electron chi connectivity index (χ0n) is 19.1. The standard InChI is InChI=1S/C24H27N5O4/c1-5-24(13-19(25)30)21(31)20(22-27-17-8-6-7-9-18(17)28-22)23(26-2)29(24)14-10-15(32-3)12-16(11-14)33-4/h6-12,26H,5,13H2,1-4H3,(H2,25,30)(H,27,28). The van der Waals surface area contributed by atoms with Gasteiger partial charge in [-0.05, 0) is 18.6 Å². The van der Waals surface area contributed by atoms with E-state index < -0.39 is 11.4 Å². The number of imidazole rings is 1. The molecule has 9 nitrogen and oxygen atoms in total. The van der Waals surface area contributed by atoms with Crippen LogP contribution >= 0.6 is 0 Å². The summed E-state index contributed by atoms with van der Waals surface area (Å²) in [7, 11) is 4.84.